The Kier molecular flexibility index (Phi) is 7.08. The topological polar surface area (TPSA) is 90.5 Å². The normalized spacial score (nSPS) is 14.3. The van der Waals surface area contributed by atoms with Gasteiger partial charge in [0, 0.05) is 23.5 Å². The first kappa shape index (κ1) is 24.7. The monoisotopic (exact) mass is 500 g/mol. The maximum Gasteiger partial charge on any atom is 0.343 e. The van der Waals surface area contributed by atoms with Gasteiger partial charge in [-0.15, -0.1) is 5.10 Å². The van der Waals surface area contributed by atoms with E-state index in [0.717, 1.165) is 43.1 Å². The standard InChI is InChI=1S/C29H32N4O4/c1-4-36-29(35)23-18-32(31-27(23)33(19(2)3)28(34)20-10-6-5-7-11-20)22-14-15-24(30-17-22)26-16-21-12-8-9-13-25(21)37-26/h8-9,12-20H,4-7,10-11H2,1-3H3. The van der Waals surface area contributed by atoms with Crippen LogP contribution in [0.15, 0.2) is 59.3 Å². The van der Waals surface area contributed by atoms with E-state index >= 15 is 0 Å². The van der Waals surface area contributed by atoms with Gasteiger partial charge in [-0.25, -0.2) is 9.48 Å². The highest BCUT2D eigenvalue weighted by Gasteiger charge is 2.33. The molecule has 0 bridgehead atoms. The van der Waals surface area contributed by atoms with Crippen molar-refractivity contribution >= 4 is 28.7 Å². The molecule has 5 rings (SSSR count). The lowest BCUT2D eigenvalue weighted by Crippen LogP contribution is -2.42. The van der Waals surface area contributed by atoms with Crippen LogP contribution in [0.4, 0.5) is 5.82 Å². The molecule has 192 valence electrons. The molecule has 1 aromatic carbocycles. The van der Waals surface area contributed by atoms with Crippen molar-refractivity contribution in [2.75, 3.05) is 11.5 Å². The van der Waals surface area contributed by atoms with Crippen molar-refractivity contribution in [1.29, 1.82) is 0 Å². The second-order valence-electron chi connectivity index (χ2n) is 9.72. The maximum absolute atomic E-state index is 13.6. The molecule has 1 fully saturated rings. The van der Waals surface area contributed by atoms with Crippen molar-refractivity contribution in [3.8, 4) is 17.1 Å². The summed E-state index contributed by atoms with van der Waals surface area (Å²) in [5, 5.41) is 5.73. The number of nitrogens with zero attached hydrogens (tertiary/aromatic N) is 4. The molecule has 0 N–H and O–H groups in total. The van der Waals surface area contributed by atoms with Gasteiger partial charge in [-0.05, 0) is 57.9 Å². The molecule has 0 spiro atoms. The third kappa shape index (κ3) is 5.01. The average molecular weight is 501 g/mol. The van der Waals surface area contributed by atoms with Gasteiger partial charge in [0.2, 0.25) is 5.91 Å². The number of rotatable bonds is 7. The van der Waals surface area contributed by atoms with Gasteiger partial charge in [-0.3, -0.25) is 14.7 Å². The number of carbonyl (C=O) groups excluding carboxylic acids is 2. The Hall–Kier alpha value is -3.94. The lowest BCUT2D eigenvalue weighted by atomic mass is 9.88. The average Bonchev–Trinajstić information content (AvgIpc) is 3.54. The molecular weight excluding hydrogens is 468 g/mol. The Labute approximate surface area is 216 Å². The quantitative estimate of drug-likeness (QED) is 0.282. The SMILES string of the molecule is CCOC(=O)c1cn(-c2ccc(-c3cc4ccccc4o3)nc2)nc1N(C(=O)C1CCCCC1)C(C)C. The van der Waals surface area contributed by atoms with Crippen LogP contribution in [-0.2, 0) is 9.53 Å². The van der Waals surface area contributed by atoms with Crippen LogP contribution in [0.3, 0.4) is 0 Å². The molecule has 0 atom stereocenters. The van der Waals surface area contributed by atoms with Gasteiger partial charge in [-0.1, -0.05) is 37.5 Å². The number of hydrogen-bond acceptors (Lipinski definition) is 6. The van der Waals surface area contributed by atoms with E-state index in [2.05, 4.69) is 4.98 Å². The first-order valence-electron chi connectivity index (χ1n) is 13.0. The Morgan fingerprint density at radius 2 is 1.92 bits per heavy atom. The fraction of sp³-hybridized carbons (Fsp3) is 0.379. The molecule has 0 radical (unpaired) electrons. The minimum absolute atomic E-state index is 0.0175. The van der Waals surface area contributed by atoms with Crippen LogP contribution in [0, 0.1) is 5.92 Å². The lowest BCUT2D eigenvalue weighted by Gasteiger charge is -2.31. The smallest absolute Gasteiger partial charge is 0.343 e. The molecule has 3 aromatic heterocycles. The summed E-state index contributed by atoms with van der Waals surface area (Å²) in [5.41, 5.74) is 2.41. The van der Waals surface area contributed by atoms with E-state index in [9.17, 15) is 9.59 Å². The number of aromatic nitrogens is 3. The van der Waals surface area contributed by atoms with E-state index in [1.807, 2.05) is 56.3 Å². The van der Waals surface area contributed by atoms with Crippen molar-refractivity contribution in [2.24, 2.45) is 5.92 Å². The number of furan rings is 1. The Bertz CT molecular complexity index is 1360. The zero-order chi connectivity index (χ0) is 25.9. The van der Waals surface area contributed by atoms with E-state index < -0.39 is 5.97 Å². The molecule has 0 saturated heterocycles. The Morgan fingerprint density at radius 1 is 1.14 bits per heavy atom. The zero-order valence-corrected chi connectivity index (χ0v) is 21.5. The molecule has 8 nitrogen and oxygen atoms in total. The highest BCUT2D eigenvalue weighted by Crippen LogP contribution is 2.31. The first-order chi connectivity index (χ1) is 18.0. The van der Waals surface area contributed by atoms with Crippen molar-refractivity contribution < 1.29 is 18.7 Å². The molecule has 1 aliphatic rings. The summed E-state index contributed by atoms with van der Waals surface area (Å²) in [6, 6.07) is 13.3. The van der Waals surface area contributed by atoms with Gasteiger partial charge in [0.1, 0.15) is 16.8 Å². The molecule has 0 aliphatic heterocycles. The number of benzene rings is 1. The second-order valence-corrected chi connectivity index (χ2v) is 9.72. The molecule has 1 aliphatic carbocycles. The molecule has 4 aromatic rings. The number of carbonyl (C=O) groups is 2. The van der Waals surface area contributed by atoms with E-state index in [4.69, 9.17) is 14.3 Å². The molecule has 0 unspecified atom stereocenters. The van der Waals surface area contributed by atoms with Gasteiger partial charge in [-0.2, -0.15) is 0 Å². The summed E-state index contributed by atoms with van der Waals surface area (Å²) >= 11 is 0. The van der Waals surface area contributed by atoms with Crippen molar-refractivity contribution in [3.05, 3.63) is 60.4 Å². The number of pyridine rings is 1. The number of fused-ring (bicyclic) bond motifs is 1. The van der Waals surface area contributed by atoms with E-state index in [-0.39, 0.29) is 30.0 Å². The highest BCUT2D eigenvalue weighted by molar-refractivity contribution is 6.02. The van der Waals surface area contributed by atoms with Gasteiger partial charge < -0.3 is 9.15 Å². The van der Waals surface area contributed by atoms with Gasteiger partial charge >= 0.3 is 5.97 Å². The predicted octanol–water partition coefficient (Wildman–Crippen LogP) is 6.18. The molecule has 1 saturated carbocycles. The largest absolute Gasteiger partial charge is 0.462 e. The highest BCUT2D eigenvalue weighted by atomic mass is 16.5. The predicted molar refractivity (Wildman–Crippen MR) is 142 cm³/mol. The summed E-state index contributed by atoms with van der Waals surface area (Å²) in [6.07, 6.45) is 8.28. The zero-order valence-electron chi connectivity index (χ0n) is 21.5. The summed E-state index contributed by atoms with van der Waals surface area (Å²) < 4.78 is 12.8. The van der Waals surface area contributed by atoms with E-state index in [0.29, 0.717) is 23.0 Å². The maximum atomic E-state index is 13.6. The van der Waals surface area contributed by atoms with Crippen LogP contribution in [0.5, 0.6) is 0 Å². The molecular formula is C29H32N4O4. The molecule has 1 amide bonds. The summed E-state index contributed by atoms with van der Waals surface area (Å²) in [7, 11) is 0. The van der Waals surface area contributed by atoms with Crippen molar-refractivity contribution in [1.82, 2.24) is 14.8 Å². The third-order valence-electron chi connectivity index (χ3n) is 6.82. The molecule has 37 heavy (non-hydrogen) atoms. The summed E-state index contributed by atoms with van der Waals surface area (Å²) in [6.45, 7) is 5.88. The van der Waals surface area contributed by atoms with Crippen LogP contribution in [0.2, 0.25) is 0 Å². The third-order valence-corrected chi connectivity index (χ3v) is 6.82. The minimum Gasteiger partial charge on any atom is -0.462 e. The van der Waals surface area contributed by atoms with Gasteiger partial charge in [0.25, 0.3) is 0 Å². The Morgan fingerprint density at radius 3 is 2.59 bits per heavy atom. The second kappa shape index (κ2) is 10.6. The number of para-hydroxylation sites is 1. The van der Waals surface area contributed by atoms with E-state index in [1.54, 1.807) is 28.9 Å². The van der Waals surface area contributed by atoms with Crippen LogP contribution in [0.1, 0.15) is 63.2 Å². The summed E-state index contributed by atoms with van der Waals surface area (Å²) in [4.78, 5) is 32.8. The van der Waals surface area contributed by atoms with Gasteiger partial charge in [0.05, 0.1) is 18.5 Å². The summed E-state index contributed by atoms with van der Waals surface area (Å²) in [5.74, 6) is 0.457. The van der Waals surface area contributed by atoms with Crippen molar-refractivity contribution in [2.45, 2.75) is 58.9 Å². The lowest BCUT2D eigenvalue weighted by molar-refractivity contribution is -0.123. The van der Waals surface area contributed by atoms with Gasteiger partial charge in [0.15, 0.2) is 11.6 Å². The van der Waals surface area contributed by atoms with Crippen LogP contribution in [-0.4, -0.2) is 39.3 Å². The number of hydrogen-bond donors (Lipinski definition) is 0. The molecule has 3 heterocycles. The van der Waals surface area contributed by atoms with Crippen LogP contribution >= 0.6 is 0 Å². The van der Waals surface area contributed by atoms with Crippen LogP contribution in [0.25, 0.3) is 28.1 Å². The number of amides is 1. The Balaban J connectivity index is 1.49. The van der Waals surface area contributed by atoms with Crippen molar-refractivity contribution in [3.63, 3.8) is 0 Å². The number of ether oxygens (including phenoxy) is 1. The fourth-order valence-electron chi connectivity index (χ4n) is 4.95. The minimum atomic E-state index is -0.502. The fourth-order valence-corrected chi connectivity index (χ4v) is 4.95. The first-order valence-corrected chi connectivity index (χ1v) is 13.0. The molecule has 8 heteroatoms. The van der Waals surface area contributed by atoms with Crippen LogP contribution < -0.4 is 4.90 Å². The number of esters is 1. The number of anilines is 1. The van der Waals surface area contributed by atoms with E-state index in [1.165, 1.54) is 0 Å².